The predicted molar refractivity (Wildman–Crippen MR) is 61.9 cm³/mol. The Balaban J connectivity index is 4.59. The van der Waals surface area contributed by atoms with E-state index < -0.39 is 8.56 Å². The highest BCUT2D eigenvalue weighted by molar-refractivity contribution is 6.73. The molecule has 0 aliphatic rings. The maximum Gasteiger partial charge on any atom is 0.286 e. The Bertz CT molecular complexity index is 121. The molecule has 0 spiro atoms. The van der Waals surface area contributed by atoms with Crippen molar-refractivity contribution < 1.29 is 0 Å². The summed E-state index contributed by atoms with van der Waals surface area (Å²) in [5, 5.41) is 0. The molecule has 0 aromatic heterocycles. The third kappa shape index (κ3) is 3.05. The monoisotopic (exact) mass is 203 g/mol. The van der Waals surface area contributed by atoms with E-state index in [1.165, 1.54) is 0 Å². The van der Waals surface area contributed by atoms with Crippen LogP contribution in [0.5, 0.6) is 0 Å². The van der Waals surface area contributed by atoms with E-state index in [1.54, 1.807) is 0 Å². The maximum atomic E-state index is 3.65. The van der Waals surface area contributed by atoms with E-state index in [0.717, 1.165) is 13.1 Å². The first kappa shape index (κ1) is 13.1. The second-order valence-electron chi connectivity index (χ2n) is 3.88. The van der Waals surface area contributed by atoms with Gasteiger partial charge >= 0.3 is 0 Å². The highest BCUT2D eigenvalue weighted by Crippen LogP contribution is 2.16. The summed E-state index contributed by atoms with van der Waals surface area (Å²) in [4.78, 5) is 7.30. The van der Waals surface area contributed by atoms with Crippen LogP contribution in [0.3, 0.4) is 0 Å². The van der Waals surface area contributed by atoms with Crippen LogP contribution in [0.4, 0.5) is 0 Å². The van der Waals surface area contributed by atoms with Gasteiger partial charge in [-0.25, -0.2) is 0 Å². The van der Waals surface area contributed by atoms with Gasteiger partial charge in [-0.05, 0) is 32.7 Å². The molecule has 0 aromatic carbocycles. The minimum atomic E-state index is -1.62. The smallest absolute Gasteiger partial charge is 0.286 e. The van der Waals surface area contributed by atoms with E-state index >= 15 is 0 Å². The van der Waals surface area contributed by atoms with Crippen LogP contribution in [0.25, 0.3) is 0 Å². The molecule has 0 atom stereocenters. The number of hydrogen-bond acceptors (Lipinski definition) is 3. The Kier molecular flexibility index (Phi) is 5.79. The number of nitrogens with zero attached hydrogens (tertiary/aromatic N) is 1. The minimum Gasteiger partial charge on any atom is -0.313 e. The molecule has 0 amide bonds. The SMILES string of the molecule is CCN[Si](NCC)(C(C)C)N(C)C. The topological polar surface area (TPSA) is 27.3 Å². The lowest BCUT2D eigenvalue weighted by molar-refractivity contribution is 0.533. The van der Waals surface area contributed by atoms with Gasteiger partial charge in [-0.15, -0.1) is 0 Å². The standard InChI is InChI=1S/C9H25N3Si/c1-7-10-13(9(3)4,11-8-2)12(5)6/h9-11H,7-8H2,1-6H3. The molecule has 0 saturated carbocycles. The zero-order chi connectivity index (χ0) is 10.5. The predicted octanol–water partition coefficient (Wildman–Crippen LogP) is 1.12. The summed E-state index contributed by atoms with van der Waals surface area (Å²) in [5.41, 5.74) is 0.669. The fraction of sp³-hybridized carbons (Fsp3) is 1.00. The molecule has 0 bridgehead atoms. The fourth-order valence-electron chi connectivity index (χ4n) is 1.84. The Morgan fingerprint density at radius 3 is 1.62 bits per heavy atom. The average Bonchev–Trinajstić information content (AvgIpc) is 2.03. The summed E-state index contributed by atoms with van der Waals surface area (Å²) in [6.45, 7) is 11.0. The van der Waals surface area contributed by atoms with Crippen LogP contribution in [-0.2, 0) is 0 Å². The third-order valence-corrected chi connectivity index (χ3v) is 7.30. The molecule has 0 aliphatic carbocycles. The molecular weight excluding hydrogens is 178 g/mol. The van der Waals surface area contributed by atoms with Gasteiger partial charge < -0.3 is 14.5 Å². The van der Waals surface area contributed by atoms with Crippen LogP contribution >= 0.6 is 0 Å². The number of nitrogens with one attached hydrogen (secondary N) is 2. The van der Waals surface area contributed by atoms with Gasteiger partial charge in [0, 0.05) is 0 Å². The molecule has 0 unspecified atom stereocenters. The molecule has 0 heterocycles. The van der Waals surface area contributed by atoms with Crippen molar-refractivity contribution >= 4 is 8.56 Å². The van der Waals surface area contributed by atoms with Crippen molar-refractivity contribution in [2.75, 3.05) is 27.2 Å². The average molecular weight is 203 g/mol. The molecule has 0 rings (SSSR count). The van der Waals surface area contributed by atoms with Gasteiger partial charge in [-0.2, -0.15) is 0 Å². The first-order valence-corrected chi connectivity index (χ1v) is 7.21. The zero-order valence-corrected chi connectivity index (χ0v) is 10.9. The summed E-state index contributed by atoms with van der Waals surface area (Å²) in [7, 11) is 2.71. The Labute approximate surface area is 84.1 Å². The second kappa shape index (κ2) is 5.75. The lowest BCUT2D eigenvalue weighted by Crippen LogP contribution is -2.73. The van der Waals surface area contributed by atoms with Gasteiger partial charge in [0.15, 0.2) is 0 Å². The van der Waals surface area contributed by atoms with Gasteiger partial charge in [0.05, 0.1) is 0 Å². The molecule has 4 heteroatoms. The highest BCUT2D eigenvalue weighted by Gasteiger charge is 2.38. The van der Waals surface area contributed by atoms with E-state index in [1.807, 2.05) is 0 Å². The molecule has 0 radical (unpaired) electrons. The lowest BCUT2D eigenvalue weighted by atomic mass is 10.6. The molecule has 0 fully saturated rings. The van der Waals surface area contributed by atoms with Crippen molar-refractivity contribution in [1.82, 2.24) is 14.5 Å². The first-order valence-electron chi connectivity index (χ1n) is 5.18. The molecule has 13 heavy (non-hydrogen) atoms. The summed E-state index contributed by atoms with van der Waals surface area (Å²) in [6.07, 6.45) is 0. The van der Waals surface area contributed by atoms with E-state index in [0.29, 0.717) is 5.54 Å². The van der Waals surface area contributed by atoms with Crippen LogP contribution in [0.15, 0.2) is 0 Å². The van der Waals surface area contributed by atoms with Crippen molar-refractivity contribution in [3.05, 3.63) is 0 Å². The van der Waals surface area contributed by atoms with E-state index in [2.05, 4.69) is 56.3 Å². The molecule has 80 valence electrons. The molecular formula is C9H25N3Si. The lowest BCUT2D eigenvalue weighted by Gasteiger charge is -2.41. The van der Waals surface area contributed by atoms with Crippen LogP contribution < -0.4 is 9.96 Å². The minimum absolute atomic E-state index is 0.669. The second-order valence-corrected chi connectivity index (χ2v) is 8.17. The van der Waals surface area contributed by atoms with Crippen LogP contribution in [0.2, 0.25) is 5.54 Å². The molecule has 0 saturated heterocycles. The quantitative estimate of drug-likeness (QED) is 0.634. The van der Waals surface area contributed by atoms with Gasteiger partial charge in [0.25, 0.3) is 8.56 Å². The van der Waals surface area contributed by atoms with Gasteiger partial charge in [0.1, 0.15) is 0 Å². The van der Waals surface area contributed by atoms with E-state index in [-0.39, 0.29) is 0 Å². The van der Waals surface area contributed by atoms with Crippen molar-refractivity contribution in [3.8, 4) is 0 Å². The molecule has 0 aromatic rings. The molecule has 3 nitrogen and oxygen atoms in total. The first-order chi connectivity index (χ1) is 6.01. The maximum absolute atomic E-state index is 3.65. The summed E-state index contributed by atoms with van der Waals surface area (Å²) >= 11 is 0. The van der Waals surface area contributed by atoms with Crippen molar-refractivity contribution in [2.45, 2.75) is 33.2 Å². The van der Waals surface area contributed by atoms with Crippen LogP contribution in [-0.4, -0.2) is 40.3 Å². The summed E-state index contributed by atoms with van der Waals surface area (Å²) in [6, 6.07) is 0. The van der Waals surface area contributed by atoms with Gasteiger partial charge in [-0.3, -0.25) is 0 Å². The summed E-state index contributed by atoms with van der Waals surface area (Å²) in [5.74, 6) is 0. The molecule has 0 aliphatic heterocycles. The zero-order valence-electron chi connectivity index (χ0n) is 9.94. The largest absolute Gasteiger partial charge is 0.313 e. The number of hydrogen-bond donors (Lipinski definition) is 2. The third-order valence-electron chi connectivity index (χ3n) is 2.43. The highest BCUT2D eigenvalue weighted by atomic mass is 28.4. The van der Waals surface area contributed by atoms with E-state index in [4.69, 9.17) is 0 Å². The van der Waals surface area contributed by atoms with Crippen molar-refractivity contribution in [3.63, 3.8) is 0 Å². The molecule has 2 N–H and O–H groups in total. The van der Waals surface area contributed by atoms with Gasteiger partial charge in [-0.1, -0.05) is 27.7 Å². The van der Waals surface area contributed by atoms with Crippen molar-refractivity contribution in [2.24, 2.45) is 0 Å². The fourth-order valence-corrected chi connectivity index (χ4v) is 5.53. The van der Waals surface area contributed by atoms with Crippen LogP contribution in [0, 0.1) is 0 Å². The van der Waals surface area contributed by atoms with Gasteiger partial charge in [0.2, 0.25) is 0 Å². The Hall–Kier alpha value is 0.0969. The normalized spacial score (nSPS) is 12.9. The van der Waals surface area contributed by atoms with Crippen molar-refractivity contribution in [1.29, 1.82) is 0 Å². The Morgan fingerprint density at radius 2 is 1.46 bits per heavy atom. The number of rotatable bonds is 6. The van der Waals surface area contributed by atoms with E-state index in [9.17, 15) is 0 Å². The van der Waals surface area contributed by atoms with Crippen LogP contribution in [0.1, 0.15) is 27.7 Å². The Morgan fingerprint density at radius 1 is 1.08 bits per heavy atom. The summed E-state index contributed by atoms with van der Waals surface area (Å²) < 4.78 is 2.35.